The highest BCUT2D eigenvalue weighted by Gasteiger charge is 2.33. The highest BCUT2D eigenvalue weighted by atomic mass is 31.1. The van der Waals surface area contributed by atoms with Crippen LogP contribution in [-0.2, 0) is 4.79 Å². The smallest absolute Gasteiger partial charge is 0.250 e. The third-order valence-corrected chi connectivity index (χ3v) is 12.8. The van der Waals surface area contributed by atoms with E-state index in [0.29, 0.717) is 0 Å². The van der Waals surface area contributed by atoms with Gasteiger partial charge in [0, 0.05) is 10.6 Å². The summed E-state index contributed by atoms with van der Waals surface area (Å²) >= 11 is 0. The molecular formula is C41H35NOP2. The first kappa shape index (κ1) is 30.4. The number of benzene rings is 6. The summed E-state index contributed by atoms with van der Waals surface area (Å²) in [5.74, 6) is -0.118. The summed E-state index contributed by atoms with van der Waals surface area (Å²) in [6.07, 6.45) is 1.46. The number of nitrogens with zero attached hydrogens (tertiary/aromatic N) is 1. The summed E-state index contributed by atoms with van der Waals surface area (Å²) < 4.78 is 0. The number of rotatable bonds is 10. The fourth-order valence-corrected chi connectivity index (χ4v) is 10.8. The van der Waals surface area contributed by atoms with Crippen LogP contribution in [0.4, 0.5) is 5.69 Å². The molecule has 0 radical (unpaired) electrons. The Labute approximate surface area is 269 Å². The number of anilines is 1. The lowest BCUT2D eigenvalue weighted by Gasteiger charge is -2.36. The molecule has 45 heavy (non-hydrogen) atoms. The van der Waals surface area contributed by atoms with Crippen LogP contribution in [0, 0.1) is 0 Å². The number of hydrogen-bond donors (Lipinski definition) is 0. The molecule has 1 amide bonds. The van der Waals surface area contributed by atoms with Crippen LogP contribution in [0.5, 0.6) is 0 Å². The predicted octanol–water partition coefficient (Wildman–Crippen LogP) is 7.48. The van der Waals surface area contributed by atoms with Gasteiger partial charge < -0.3 is 4.90 Å². The van der Waals surface area contributed by atoms with Crippen molar-refractivity contribution >= 4 is 59.3 Å². The van der Waals surface area contributed by atoms with E-state index < -0.39 is 15.8 Å². The lowest BCUT2D eigenvalue weighted by molar-refractivity contribution is -0.114. The average molecular weight is 620 g/mol. The van der Waals surface area contributed by atoms with Gasteiger partial charge in [-0.05, 0) is 55.6 Å². The third-order valence-electron chi connectivity index (χ3n) is 7.86. The van der Waals surface area contributed by atoms with Crippen LogP contribution in [0.2, 0.25) is 0 Å². The minimum Gasteiger partial charge on any atom is -0.300 e. The van der Waals surface area contributed by atoms with Crippen LogP contribution in [0.3, 0.4) is 0 Å². The van der Waals surface area contributed by atoms with Crippen molar-refractivity contribution in [1.29, 1.82) is 0 Å². The second-order valence-corrected chi connectivity index (χ2v) is 15.0. The summed E-state index contributed by atoms with van der Waals surface area (Å²) in [5, 5.41) is 7.24. The minimum absolute atomic E-state index is 0.118. The SMILES string of the molecule is C=CC(=O)N(c1c(P(c2ccccc2)c2ccccc2)cccc1P(c1ccccc1)c1ccccc1)[C@@H](C)c1ccccc1. The molecule has 0 aliphatic rings. The maximum atomic E-state index is 14.2. The summed E-state index contributed by atoms with van der Waals surface area (Å²) in [6, 6.07) is 59.6. The topological polar surface area (TPSA) is 20.3 Å². The van der Waals surface area contributed by atoms with Crippen molar-refractivity contribution < 1.29 is 4.79 Å². The van der Waals surface area contributed by atoms with E-state index in [0.717, 1.165) is 21.9 Å². The molecule has 4 heteroatoms. The largest absolute Gasteiger partial charge is 0.300 e. The molecular weight excluding hydrogens is 584 g/mol. The summed E-state index contributed by atoms with van der Waals surface area (Å²) in [4.78, 5) is 16.2. The van der Waals surface area contributed by atoms with Crippen LogP contribution < -0.4 is 36.7 Å². The van der Waals surface area contributed by atoms with Gasteiger partial charge in [0.05, 0.1) is 11.7 Å². The molecule has 0 aliphatic heterocycles. The fraction of sp³-hybridized carbons (Fsp3) is 0.0488. The molecule has 0 fully saturated rings. The lowest BCUT2D eigenvalue weighted by Crippen LogP contribution is -2.41. The number of hydrogen-bond acceptors (Lipinski definition) is 1. The zero-order valence-electron chi connectivity index (χ0n) is 25.3. The number of carbonyl (C=O) groups excluding carboxylic acids is 1. The second-order valence-electron chi connectivity index (χ2n) is 10.7. The highest BCUT2D eigenvalue weighted by Crippen LogP contribution is 2.43. The van der Waals surface area contributed by atoms with Gasteiger partial charge in [-0.3, -0.25) is 4.79 Å². The molecule has 0 saturated heterocycles. The normalized spacial score (nSPS) is 11.7. The number of amides is 1. The van der Waals surface area contributed by atoms with E-state index in [1.165, 1.54) is 27.3 Å². The van der Waals surface area contributed by atoms with E-state index >= 15 is 0 Å². The van der Waals surface area contributed by atoms with Gasteiger partial charge in [-0.2, -0.15) is 0 Å². The van der Waals surface area contributed by atoms with Crippen molar-refractivity contribution in [3.8, 4) is 0 Å². The van der Waals surface area contributed by atoms with Gasteiger partial charge in [-0.15, -0.1) is 0 Å². The van der Waals surface area contributed by atoms with E-state index in [4.69, 9.17) is 0 Å². The average Bonchev–Trinajstić information content (AvgIpc) is 3.11. The van der Waals surface area contributed by atoms with Crippen LogP contribution in [0.1, 0.15) is 18.5 Å². The number of para-hydroxylation sites is 1. The Balaban J connectivity index is 1.71. The maximum absolute atomic E-state index is 14.2. The molecule has 0 saturated carbocycles. The molecule has 0 aliphatic carbocycles. The van der Waals surface area contributed by atoms with Gasteiger partial charge in [-0.1, -0.05) is 176 Å². The van der Waals surface area contributed by atoms with Crippen LogP contribution in [0.25, 0.3) is 0 Å². The summed E-state index contributed by atoms with van der Waals surface area (Å²) in [6.45, 7) is 6.11. The molecule has 6 rings (SSSR count). The van der Waals surface area contributed by atoms with Gasteiger partial charge in [0.15, 0.2) is 0 Å². The Morgan fingerprint density at radius 2 is 0.867 bits per heavy atom. The van der Waals surface area contributed by atoms with Crippen molar-refractivity contribution in [1.82, 2.24) is 0 Å². The Hall–Kier alpha value is -4.61. The van der Waals surface area contributed by atoms with Gasteiger partial charge in [-0.25, -0.2) is 0 Å². The molecule has 6 aromatic carbocycles. The van der Waals surface area contributed by atoms with Crippen molar-refractivity contribution in [2.24, 2.45) is 0 Å². The molecule has 1 atom stereocenters. The van der Waals surface area contributed by atoms with Gasteiger partial charge in [0.25, 0.3) is 5.91 Å². The van der Waals surface area contributed by atoms with Crippen LogP contribution >= 0.6 is 15.8 Å². The lowest BCUT2D eigenvalue weighted by atomic mass is 10.1. The van der Waals surface area contributed by atoms with Crippen molar-refractivity contribution in [3.05, 3.63) is 188 Å². The fourth-order valence-electron chi connectivity index (χ4n) is 5.76. The molecule has 6 aromatic rings. The molecule has 0 unspecified atom stereocenters. The van der Waals surface area contributed by atoms with E-state index in [-0.39, 0.29) is 11.9 Å². The van der Waals surface area contributed by atoms with E-state index in [2.05, 4.69) is 165 Å². The zero-order valence-corrected chi connectivity index (χ0v) is 27.1. The van der Waals surface area contributed by atoms with E-state index in [1.807, 2.05) is 23.1 Å². The molecule has 0 heterocycles. The molecule has 0 bridgehead atoms. The first-order chi connectivity index (χ1) is 22.2. The van der Waals surface area contributed by atoms with Crippen molar-refractivity contribution in [2.75, 3.05) is 4.90 Å². The molecule has 0 aromatic heterocycles. The Kier molecular flexibility index (Phi) is 9.77. The molecule has 220 valence electrons. The summed E-state index contributed by atoms with van der Waals surface area (Å²) in [5.41, 5.74) is 2.04. The Morgan fingerprint density at radius 1 is 0.533 bits per heavy atom. The standard InChI is InChI=1S/C41H35NOP2/c1-3-40(43)42(32(2)33-20-9-4-10-21-33)41-38(44(34-22-11-5-12-23-34)35-24-13-6-14-25-35)30-19-31-39(41)45(36-26-15-7-16-27-36)37-28-17-8-18-29-37/h3-32H,1H2,2H3/t32-/m0/s1. The van der Waals surface area contributed by atoms with Crippen molar-refractivity contribution in [2.45, 2.75) is 13.0 Å². The summed E-state index contributed by atoms with van der Waals surface area (Å²) in [7, 11) is -2.04. The first-order valence-corrected chi connectivity index (χ1v) is 17.8. The second kappa shape index (κ2) is 14.4. The first-order valence-electron chi connectivity index (χ1n) is 15.1. The minimum atomic E-state index is -1.02. The van der Waals surface area contributed by atoms with E-state index in [9.17, 15) is 4.79 Å². The number of carbonyl (C=O) groups is 1. The highest BCUT2D eigenvalue weighted by molar-refractivity contribution is 7.81. The van der Waals surface area contributed by atoms with Gasteiger partial charge in [0.2, 0.25) is 0 Å². The quantitative estimate of drug-likeness (QED) is 0.115. The predicted molar refractivity (Wildman–Crippen MR) is 196 cm³/mol. The Bertz CT molecular complexity index is 1670. The monoisotopic (exact) mass is 619 g/mol. The van der Waals surface area contributed by atoms with Crippen LogP contribution in [0.15, 0.2) is 183 Å². The molecule has 2 nitrogen and oxygen atoms in total. The third kappa shape index (κ3) is 6.59. The van der Waals surface area contributed by atoms with Gasteiger partial charge >= 0.3 is 0 Å². The zero-order chi connectivity index (χ0) is 31.0. The Morgan fingerprint density at radius 3 is 1.20 bits per heavy atom. The molecule has 0 N–H and O–H groups in total. The van der Waals surface area contributed by atoms with Crippen molar-refractivity contribution in [3.63, 3.8) is 0 Å². The maximum Gasteiger partial charge on any atom is 0.250 e. The van der Waals surface area contributed by atoms with Gasteiger partial charge in [0.1, 0.15) is 0 Å². The van der Waals surface area contributed by atoms with E-state index in [1.54, 1.807) is 0 Å². The molecule has 0 spiro atoms. The van der Waals surface area contributed by atoms with Crippen LogP contribution in [-0.4, -0.2) is 5.91 Å².